The van der Waals surface area contributed by atoms with Crippen molar-refractivity contribution in [1.29, 1.82) is 0 Å². The van der Waals surface area contributed by atoms with E-state index in [9.17, 15) is 9.59 Å². The number of anilines is 2. The molecule has 0 radical (unpaired) electrons. The maximum atomic E-state index is 13.3. The van der Waals surface area contributed by atoms with Crippen molar-refractivity contribution in [3.05, 3.63) is 84.3 Å². The summed E-state index contributed by atoms with van der Waals surface area (Å²) in [6.45, 7) is 1.92. The molecule has 1 aliphatic rings. The average Bonchev–Trinajstić information content (AvgIpc) is 3.29. The van der Waals surface area contributed by atoms with E-state index in [1.54, 1.807) is 36.0 Å². The van der Waals surface area contributed by atoms with Crippen molar-refractivity contribution in [2.75, 3.05) is 23.5 Å². The molecule has 4 rings (SSSR count). The monoisotopic (exact) mass is 404 g/mol. The molecular formula is C24H24N2O4. The first kappa shape index (κ1) is 19.9. The fourth-order valence-corrected chi connectivity index (χ4v) is 4.22. The molecule has 2 atom stereocenters. The van der Waals surface area contributed by atoms with Crippen molar-refractivity contribution in [2.24, 2.45) is 0 Å². The van der Waals surface area contributed by atoms with Crippen LogP contribution in [-0.2, 0) is 9.53 Å². The van der Waals surface area contributed by atoms with E-state index in [4.69, 9.17) is 9.15 Å². The number of rotatable bonds is 5. The summed E-state index contributed by atoms with van der Waals surface area (Å²) >= 11 is 0. The number of furan rings is 1. The molecule has 0 saturated heterocycles. The van der Waals surface area contributed by atoms with Gasteiger partial charge in [0.2, 0.25) is 5.91 Å². The smallest absolute Gasteiger partial charge is 0.294 e. The lowest BCUT2D eigenvalue weighted by atomic mass is 9.89. The van der Waals surface area contributed by atoms with Gasteiger partial charge in [-0.15, -0.1) is 0 Å². The molecule has 0 aliphatic carbocycles. The second kappa shape index (κ2) is 8.55. The summed E-state index contributed by atoms with van der Waals surface area (Å²) in [4.78, 5) is 29.5. The number of hydrogen-bond acceptors (Lipinski definition) is 4. The van der Waals surface area contributed by atoms with Crippen LogP contribution in [0, 0.1) is 0 Å². The summed E-state index contributed by atoms with van der Waals surface area (Å²) in [5.74, 6) is 0.000793. The highest BCUT2D eigenvalue weighted by molar-refractivity contribution is 6.06. The van der Waals surface area contributed by atoms with Gasteiger partial charge in [-0.2, -0.15) is 0 Å². The fraction of sp³-hybridized carbons (Fsp3) is 0.250. The highest BCUT2D eigenvalue weighted by Crippen LogP contribution is 2.42. The van der Waals surface area contributed by atoms with Gasteiger partial charge < -0.3 is 14.1 Å². The van der Waals surface area contributed by atoms with Gasteiger partial charge in [0, 0.05) is 25.4 Å². The third kappa shape index (κ3) is 3.62. The Kier molecular flexibility index (Phi) is 5.68. The SMILES string of the molecule is COCC1CC(N(C(C)=O)c2ccccc2)c2ccccc2N1C(=O)c1ccco1. The third-order valence-corrected chi connectivity index (χ3v) is 5.41. The molecule has 2 amide bonds. The van der Waals surface area contributed by atoms with E-state index in [2.05, 4.69) is 0 Å². The largest absolute Gasteiger partial charge is 0.459 e. The molecule has 6 heteroatoms. The van der Waals surface area contributed by atoms with Crippen LogP contribution in [0.3, 0.4) is 0 Å². The Morgan fingerprint density at radius 1 is 1.07 bits per heavy atom. The number of nitrogens with zero attached hydrogens (tertiary/aromatic N) is 2. The predicted octanol–water partition coefficient (Wildman–Crippen LogP) is 4.44. The first-order valence-corrected chi connectivity index (χ1v) is 9.91. The quantitative estimate of drug-likeness (QED) is 0.631. The lowest BCUT2D eigenvalue weighted by Gasteiger charge is -2.44. The number of fused-ring (bicyclic) bond motifs is 1. The van der Waals surface area contributed by atoms with Gasteiger partial charge in [0.15, 0.2) is 5.76 Å². The summed E-state index contributed by atoms with van der Waals surface area (Å²) in [7, 11) is 1.62. The van der Waals surface area contributed by atoms with E-state index in [0.29, 0.717) is 13.0 Å². The van der Waals surface area contributed by atoms with Crippen molar-refractivity contribution in [3.63, 3.8) is 0 Å². The highest BCUT2D eigenvalue weighted by atomic mass is 16.5. The van der Waals surface area contributed by atoms with Crippen LogP contribution in [0.15, 0.2) is 77.4 Å². The molecule has 3 aromatic rings. The summed E-state index contributed by atoms with van der Waals surface area (Å²) in [6, 6.07) is 20.2. The molecular weight excluding hydrogens is 380 g/mol. The van der Waals surface area contributed by atoms with Crippen LogP contribution in [0.2, 0.25) is 0 Å². The topological polar surface area (TPSA) is 63.0 Å². The number of methoxy groups -OCH3 is 1. The molecule has 0 fully saturated rings. The lowest BCUT2D eigenvalue weighted by molar-refractivity contribution is -0.117. The van der Waals surface area contributed by atoms with Crippen molar-refractivity contribution >= 4 is 23.2 Å². The zero-order valence-corrected chi connectivity index (χ0v) is 17.0. The fourth-order valence-electron chi connectivity index (χ4n) is 4.22. The van der Waals surface area contributed by atoms with Gasteiger partial charge in [-0.1, -0.05) is 36.4 Å². The second-order valence-electron chi connectivity index (χ2n) is 7.30. The summed E-state index contributed by atoms with van der Waals surface area (Å²) in [5, 5.41) is 0. The predicted molar refractivity (Wildman–Crippen MR) is 115 cm³/mol. The number of carbonyl (C=O) groups is 2. The van der Waals surface area contributed by atoms with Gasteiger partial charge >= 0.3 is 0 Å². The summed E-state index contributed by atoms with van der Waals surface area (Å²) in [6.07, 6.45) is 2.04. The normalized spacial score (nSPS) is 18.0. The minimum atomic E-state index is -0.252. The van der Waals surface area contributed by atoms with Crippen LogP contribution in [0.5, 0.6) is 0 Å². The molecule has 6 nitrogen and oxygen atoms in total. The Hall–Kier alpha value is -3.38. The standard InChI is InChI=1S/C24H24N2O4/c1-17(27)25(18-9-4-3-5-10-18)22-15-19(16-29-2)26(21-12-7-6-11-20(21)22)24(28)23-13-8-14-30-23/h3-14,19,22H,15-16H2,1-2H3. The van der Waals surface area contributed by atoms with Crippen molar-refractivity contribution in [1.82, 2.24) is 0 Å². The molecule has 0 N–H and O–H groups in total. The molecule has 0 spiro atoms. The van der Waals surface area contributed by atoms with Crippen LogP contribution in [-0.4, -0.2) is 31.6 Å². The van der Waals surface area contributed by atoms with Crippen molar-refractivity contribution < 1.29 is 18.7 Å². The maximum absolute atomic E-state index is 13.3. The van der Waals surface area contributed by atoms with Gasteiger partial charge in [0.25, 0.3) is 5.91 Å². The molecule has 154 valence electrons. The number of hydrogen-bond donors (Lipinski definition) is 0. The number of para-hydroxylation sites is 2. The zero-order valence-electron chi connectivity index (χ0n) is 17.0. The number of amides is 2. The second-order valence-corrected chi connectivity index (χ2v) is 7.30. The molecule has 1 aromatic heterocycles. The van der Waals surface area contributed by atoms with Crippen molar-refractivity contribution in [2.45, 2.75) is 25.4 Å². The Bertz CT molecular complexity index is 1020. The molecule has 2 aromatic carbocycles. The number of carbonyl (C=O) groups excluding carboxylic acids is 2. The van der Waals surface area contributed by atoms with E-state index in [-0.39, 0.29) is 29.7 Å². The van der Waals surface area contributed by atoms with Crippen LogP contribution < -0.4 is 9.80 Å². The Labute approximate surface area is 175 Å². The van der Waals surface area contributed by atoms with E-state index >= 15 is 0 Å². The Morgan fingerprint density at radius 2 is 1.80 bits per heavy atom. The van der Waals surface area contributed by atoms with E-state index < -0.39 is 0 Å². The molecule has 0 bridgehead atoms. The van der Waals surface area contributed by atoms with E-state index in [1.165, 1.54) is 6.26 Å². The van der Waals surface area contributed by atoms with E-state index in [0.717, 1.165) is 16.9 Å². The molecule has 30 heavy (non-hydrogen) atoms. The zero-order chi connectivity index (χ0) is 21.1. The first-order valence-electron chi connectivity index (χ1n) is 9.91. The van der Waals surface area contributed by atoms with E-state index in [1.807, 2.05) is 54.6 Å². The minimum absolute atomic E-state index is 0.0528. The molecule has 2 heterocycles. The van der Waals surface area contributed by atoms with Crippen molar-refractivity contribution in [3.8, 4) is 0 Å². The third-order valence-electron chi connectivity index (χ3n) is 5.41. The van der Waals surface area contributed by atoms with Gasteiger partial charge in [-0.05, 0) is 42.3 Å². The summed E-state index contributed by atoms with van der Waals surface area (Å²) < 4.78 is 10.8. The van der Waals surface area contributed by atoms with Gasteiger partial charge in [-0.3, -0.25) is 14.5 Å². The Balaban J connectivity index is 1.82. The van der Waals surface area contributed by atoms with Gasteiger partial charge in [0.05, 0.1) is 25.0 Å². The van der Waals surface area contributed by atoms with Crippen LogP contribution in [0.1, 0.15) is 35.5 Å². The molecule has 0 saturated carbocycles. The number of ether oxygens (including phenoxy) is 1. The average molecular weight is 404 g/mol. The number of benzene rings is 2. The molecule has 1 aliphatic heterocycles. The van der Waals surface area contributed by atoms with Gasteiger partial charge in [0.1, 0.15) is 0 Å². The highest BCUT2D eigenvalue weighted by Gasteiger charge is 2.40. The maximum Gasteiger partial charge on any atom is 0.294 e. The minimum Gasteiger partial charge on any atom is -0.459 e. The Morgan fingerprint density at radius 3 is 2.47 bits per heavy atom. The first-order chi connectivity index (χ1) is 14.6. The lowest BCUT2D eigenvalue weighted by Crippen LogP contribution is -2.50. The van der Waals surface area contributed by atoms with Crippen LogP contribution in [0.4, 0.5) is 11.4 Å². The van der Waals surface area contributed by atoms with Gasteiger partial charge in [-0.25, -0.2) is 0 Å². The summed E-state index contributed by atoms with van der Waals surface area (Å²) in [5.41, 5.74) is 2.51. The molecule has 2 unspecified atom stereocenters. The van der Waals surface area contributed by atoms with Crippen LogP contribution in [0.25, 0.3) is 0 Å². The van der Waals surface area contributed by atoms with Crippen LogP contribution >= 0.6 is 0 Å².